The minimum absolute atomic E-state index is 0.0675. The maximum absolute atomic E-state index is 5.91. The van der Waals surface area contributed by atoms with Crippen molar-refractivity contribution < 1.29 is 0 Å². The third kappa shape index (κ3) is 4.24. The molecule has 128 valence electrons. The molecule has 2 saturated carbocycles. The van der Waals surface area contributed by atoms with Crippen LogP contribution in [0.25, 0.3) is 0 Å². The molecule has 1 heterocycles. The second kappa shape index (κ2) is 6.49. The Morgan fingerprint density at radius 3 is 1.48 bits per heavy atom. The Morgan fingerprint density at radius 2 is 1.09 bits per heavy atom. The second-order valence-corrected chi connectivity index (χ2v) is 7.83. The first-order valence-electron chi connectivity index (χ1n) is 9.04. The van der Waals surface area contributed by atoms with E-state index >= 15 is 0 Å². The molecule has 3 rings (SSSR count). The fraction of sp³-hybridized carbons (Fsp3) is 0.824. The maximum atomic E-state index is 5.91. The molecule has 0 radical (unpaired) electrons. The third-order valence-electron chi connectivity index (χ3n) is 5.39. The molecule has 2 fully saturated rings. The van der Waals surface area contributed by atoms with Crippen LogP contribution in [0.3, 0.4) is 0 Å². The third-order valence-corrected chi connectivity index (χ3v) is 5.39. The molecule has 0 atom stereocenters. The number of nitrogens with two attached hydrogens (primary N) is 1. The van der Waals surface area contributed by atoms with E-state index in [2.05, 4.69) is 39.4 Å². The summed E-state index contributed by atoms with van der Waals surface area (Å²) >= 11 is 0. The average Bonchev–Trinajstić information content (AvgIpc) is 2.47. The number of nitrogens with zero attached hydrogens (tertiary/aromatic N) is 3. The van der Waals surface area contributed by atoms with Gasteiger partial charge in [0.2, 0.25) is 17.8 Å². The molecular formula is C17H30N6. The molecule has 23 heavy (non-hydrogen) atoms. The van der Waals surface area contributed by atoms with E-state index in [0.717, 1.165) is 25.7 Å². The highest BCUT2D eigenvalue weighted by Crippen LogP contribution is 2.32. The Kier molecular flexibility index (Phi) is 4.60. The van der Waals surface area contributed by atoms with E-state index in [1.165, 1.54) is 38.5 Å². The maximum Gasteiger partial charge on any atom is 0.229 e. The summed E-state index contributed by atoms with van der Waals surface area (Å²) in [5, 5.41) is 7.01. The molecule has 0 bridgehead atoms. The second-order valence-electron chi connectivity index (χ2n) is 7.83. The van der Waals surface area contributed by atoms with Gasteiger partial charge in [-0.2, -0.15) is 15.0 Å². The van der Waals surface area contributed by atoms with E-state index in [1.807, 2.05) is 0 Å². The van der Waals surface area contributed by atoms with Gasteiger partial charge in [0, 0.05) is 11.1 Å². The van der Waals surface area contributed by atoms with Gasteiger partial charge in [-0.05, 0) is 39.5 Å². The zero-order valence-electron chi connectivity index (χ0n) is 14.5. The molecule has 0 spiro atoms. The lowest BCUT2D eigenvalue weighted by Gasteiger charge is -2.35. The van der Waals surface area contributed by atoms with E-state index in [4.69, 9.17) is 5.73 Å². The van der Waals surface area contributed by atoms with Crippen LogP contribution in [0.1, 0.15) is 78.1 Å². The van der Waals surface area contributed by atoms with Crippen LogP contribution in [0.2, 0.25) is 0 Å². The fourth-order valence-corrected chi connectivity index (χ4v) is 3.96. The highest BCUT2D eigenvalue weighted by atomic mass is 15.3. The van der Waals surface area contributed by atoms with Crippen LogP contribution < -0.4 is 16.4 Å². The molecule has 6 heteroatoms. The summed E-state index contributed by atoms with van der Waals surface area (Å²) in [6.45, 7) is 4.50. The van der Waals surface area contributed by atoms with E-state index in [9.17, 15) is 0 Å². The van der Waals surface area contributed by atoms with Gasteiger partial charge in [0.15, 0.2) is 0 Å². The topological polar surface area (TPSA) is 88.8 Å². The SMILES string of the molecule is CC1(Nc2nc(N)nc(NC3(C)CCCCC3)n2)CCCCC1. The molecule has 0 unspecified atom stereocenters. The predicted molar refractivity (Wildman–Crippen MR) is 94.5 cm³/mol. The molecule has 2 aliphatic rings. The molecule has 1 aromatic heterocycles. The summed E-state index contributed by atoms with van der Waals surface area (Å²) in [7, 11) is 0. The Morgan fingerprint density at radius 1 is 0.696 bits per heavy atom. The van der Waals surface area contributed by atoms with Crippen LogP contribution in [0.4, 0.5) is 17.8 Å². The monoisotopic (exact) mass is 318 g/mol. The first-order valence-corrected chi connectivity index (χ1v) is 9.04. The first-order chi connectivity index (χ1) is 11.0. The smallest absolute Gasteiger partial charge is 0.229 e. The lowest BCUT2D eigenvalue weighted by Crippen LogP contribution is -2.39. The van der Waals surface area contributed by atoms with Gasteiger partial charge in [0.25, 0.3) is 0 Å². The lowest BCUT2D eigenvalue weighted by molar-refractivity contribution is 0.345. The fourth-order valence-electron chi connectivity index (χ4n) is 3.96. The minimum atomic E-state index is 0.0675. The van der Waals surface area contributed by atoms with Crippen molar-refractivity contribution >= 4 is 17.8 Å². The molecule has 4 N–H and O–H groups in total. The van der Waals surface area contributed by atoms with Crippen LogP contribution in [0.15, 0.2) is 0 Å². The molecule has 0 saturated heterocycles. The summed E-state index contributed by atoms with van der Waals surface area (Å²) in [5.41, 5.74) is 6.05. The highest BCUT2D eigenvalue weighted by molar-refractivity contribution is 5.42. The summed E-state index contributed by atoms with van der Waals surface area (Å²) in [6.07, 6.45) is 12.3. The molecule has 0 amide bonds. The molecule has 6 nitrogen and oxygen atoms in total. The van der Waals surface area contributed by atoms with Gasteiger partial charge in [0.05, 0.1) is 0 Å². The van der Waals surface area contributed by atoms with E-state index in [-0.39, 0.29) is 17.0 Å². The van der Waals surface area contributed by atoms with Crippen molar-refractivity contribution in [2.45, 2.75) is 89.1 Å². The standard InChI is InChI=1S/C17H30N6/c1-16(9-5-3-6-10-16)22-14-19-13(18)20-15(21-14)23-17(2)11-7-4-8-12-17/h3-12H2,1-2H3,(H4,18,19,20,21,22,23). The van der Waals surface area contributed by atoms with Gasteiger partial charge in [-0.3, -0.25) is 0 Å². The summed E-state index contributed by atoms with van der Waals surface area (Å²) in [5.74, 6) is 1.48. The molecule has 2 aliphatic carbocycles. The number of hydrogen-bond acceptors (Lipinski definition) is 6. The Hall–Kier alpha value is -1.59. The number of rotatable bonds is 4. The van der Waals surface area contributed by atoms with E-state index in [1.54, 1.807) is 0 Å². The van der Waals surface area contributed by atoms with E-state index in [0.29, 0.717) is 11.9 Å². The Labute approximate surface area is 139 Å². The Bertz CT molecular complexity index is 488. The predicted octanol–water partition coefficient (Wildman–Crippen LogP) is 3.72. The van der Waals surface area contributed by atoms with Crippen molar-refractivity contribution in [1.82, 2.24) is 15.0 Å². The number of nitrogen functional groups attached to an aromatic ring is 1. The van der Waals surface area contributed by atoms with Crippen LogP contribution in [0, 0.1) is 0 Å². The quantitative estimate of drug-likeness (QED) is 0.784. The van der Waals surface area contributed by atoms with Crippen molar-refractivity contribution in [1.29, 1.82) is 0 Å². The zero-order chi connectivity index (χ0) is 16.3. The zero-order valence-corrected chi connectivity index (χ0v) is 14.5. The van der Waals surface area contributed by atoms with Crippen LogP contribution >= 0.6 is 0 Å². The molecule has 1 aromatic rings. The minimum Gasteiger partial charge on any atom is -0.368 e. The lowest BCUT2D eigenvalue weighted by atomic mass is 9.83. The highest BCUT2D eigenvalue weighted by Gasteiger charge is 2.29. The van der Waals surface area contributed by atoms with Crippen molar-refractivity contribution in [3.8, 4) is 0 Å². The average molecular weight is 318 g/mol. The van der Waals surface area contributed by atoms with Gasteiger partial charge < -0.3 is 16.4 Å². The number of anilines is 3. The number of nitrogens with one attached hydrogen (secondary N) is 2. The molecule has 0 aliphatic heterocycles. The van der Waals surface area contributed by atoms with Gasteiger partial charge in [-0.25, -0.2) is 0 Å². The van der Waals surface area contributed by atoms with Gasteiger partial charge in [0.1, 0.15) is 0 Å². The van der Waals surface area contributed by atoms with Gasteiger partial charge >= 0.3 is 0 Å². The van der Waals surface area contributed by atoms with Crippen molar-refractivity contribution in [3.05, 3.63) is 0 Å². The largest absolute Gasteiger partial charge is 0.368 e. The summed E-state index contributed by atoms with van der Waals surface area (Å²) < 4.78 is 0. The molecule has 0 aromatic carbocycles. The first kappa shape index (κ1) is 16.3. The summed E-state index contributed by atoms with van der Waals surface area (Å²) in [6, 6.07) is 0. The van der Waals surface area contributed by atoms with Crippen LogP contribution in [-0.2, 0) is 0 Å². The normalized spacial score (nSPS) is 23.2. The van der Waals surface area contributed by atoms with Crippen molar-refractivity contribution in [3.63, 3.8) is 0 Å². The van der Waals surface area contributed by atoms with E-state index < -0.39 is 0 Å². The van der Waals surface area contributed by atoms with Crippen LogP contribution in [-0.4, -0.2) is 26.0 Å². The molecular weight excluding hydrogens is 288 g/mol. The van der Waals surface area contributed by atoms with Gasteiger partial charge in [-0.15, -0.1) is 0 Å². The van der Waals surface area contributed by atoms with Gasteiger partial charge in [-0.1, -0.05) is 38.5 Å². The van der Waals surface area contributed by atoms with Crippen LogP contribution in [0.5, 0.6) is 0 Å². The number of hydrogen-bond donors (Lipinski definition) is 3. The Balaban J connectivity index is 1.73. The van der Waals surface area contributed by atoms with Crippen molar-refractivity contribution in [2.24, 2.45) is 0 Å². The number of aromatic nitrogens is 3. The summed E-state index contributed by atoms with van der Waals surface area (Å²) in [4.78, 5) is 13.2. The van der Waals surface area contributed by atoms with Crippen molar-refractivity contribution in [2.75, 3.05) is 16.4 Å².